The summed E-state index contributed by atoms with van der Waals surface area (Å²) in [5, 5.41) is 7.93. The lowest BCUT2D eigenvalue weighted by molar-refractivity contribution is -0.115. The van der Waals surface area contributed by atoms with Crippen LogP contribution in [0, 0.1) is 13.8 Å². The molecule has 0 atom stereocenters. The van der Waals surface area contributed by atoms with Gasteiger partial charge in [0.1, 0.15) is 0 Å². The molecule has 0 spiro atoms. The van der Waals surface area contributed by atoms with Gasteiger partial charge >= 0.3 is 6.03 Å². The molecule has 23 heavy (non-hydrogen) atoms. The van der Waals surface area contributed by atoms with Crippen molar-refractivity contribution in [2.75, 3.05) is 17.2 Å². The second-order valence-electron chi connectivity index (χ2n) is 5.19. The lowest BCUT2D eigenvalue weighted by atomic mass is 10.2. The molecule has 0 saturated heterocycles. The first-order valence-electron chi connectivity index (χ1n) is 7.11. The molecule has 0 unspecified atom stereocenters. The average Bonchev–Trinajstić information content (AvgIpc) is 2.49. The van der Waals surface area contributed by atoms with E-state index in [9.17, 15) is 9.59 Å². The Hall–Kier alpha value is -2.34. The quantitative estimate of drug-likeness (QED) is 0.759. The van der Waals surface area contributed by atoms with Gasteiger partial charge in [-0.25, -0.2) is 4.79 Å². The number of halogens is 1. The largest absolute Gasteiger partial charge is 0.329 e. The van der Waals surface area contributed by atoms with E-state index in [1.807, 2.05) is 50.2 Å². The molecule has 2 rings (SSSR count). The fraction of sp³-hybridized carbons (Fsp3) is 0.176. The highest BCUT2D eigenvalue weighted by molar-refractivity contribution is 9.10. The first-order valence-corrected chi connectivity index (χ1v) is 7.91. The zero-order valence-corrected chi connectivity index (χ0v) is 14.5. The van der Waals surface area contributed by atoms with Crippen molar-refractivity contribution in [2.45, 2.75) is 13.8 Å². The highest BCUT2D eigenvalue weighted by atomic mass is 79.9. The summed E-state index contributed by atoms with van der Waals surface area (Å²) in [6.45, 7) is 3.80. The predicted molar refractivity (Wildman–Crippen MR) is 95.7 cm³/mol. The van der Waals surface area contributed by atoms with E-state index in [0.29, 0.717) is 11.4 Å². The standard InChI is InChI=1S/C17H18BrN3O2/c1-11-4-3-5-13(8-11)21-17(23)19-10-16(22)20-14-7-6-12(2)15(18)9-14/h3-9H,10H2,1-2H3,(H,20,22)(H2,19,21,23). The van der Waals surface area contributed by atoms with Gasteiger partial charge < -0.3 is 16.0 Å². The van der Waals surface area contributed by atoms with Crippen LogP contribution in [0.2, 0.25) is 0 Å². The number of aryl methyl sites for hydroxylation is 2. The van der Waals surface area contributed by atoms with Crippen LogP contribution >= 0.6 is 15.9 Å². The van der Waals surface area contributed by atoms with E-state index < -0.39 is 6.03 Å². The number of anilines is 2. The Kier molecular flexibility index (Phi) is 5.76. The van der Waals surface area contributed by atoms with E-state index in [2.05, 4.69) is 31.9 Å². The van der Waals surface area contributed by atoms with Gasteiger partial charge in [-0.15, -0.1) is 0 Å². The van der Waals surface area contributed by atoms with Crippen LogP contribution in [-0.2, 0) is 4.79 Å². The Balaban J connectivity index is 1.81. The maximum atomic E-state index is 11.9. The molecule has 0 bridgehead atoms. The van der Waals surface area contributed by atoms with Gasteiger partial charge in [-0.2, -0.15) is 0 Å². The number of hydrogen-bond acceptors (Lipinski definition) is 2. The molecule has 0 aliphatic heterocycles. The molecule has 0 fully saturated rings. The van der Waals surface area contributed by atoms with Crippen LogP contribution < -0.4 is 16.0 Å². The minimum atomic E-state index is -0.421. The molecular formula is C17H18BrN3O2. The summed E-state index contributed by atoms with van der Waals surface area (Å²) in [4.78, 5) is 23.6. The predicted octanol–water partition coefficient (Wildman–Crippen LogP) is 3.83. The maximum Gasteiger partial charge on any atom is 0.319 e. The summed E-state index contributed by atoms with van der Waals surface area (Å²) in [6.07, 6.45) is 0. The van der Waals surface area contributed by atoms with Gasteiger partial charge in [0, 0.05) is 15.8 Å². The second-order valence-corrected chi connectivity index (χ2v) is 6.04. The van der Waals surface area contributed by atoms with Crippen molar-refractivity contribution in [3.8, 4) is 0 Å². The maximum absolute atomic E-state index is 11.9. The Morgan fingerprint density at radius 1 is 1.00 bits per heavy atom. The fourth-order valence-electron chi connectivity index (χ4n) is 1.93. The van der Waals surface area contributed by atoms with E-state index in [1.165, 1.54) is 0 Å². The molecule has 5 nitrogen and oxygen atoms in total. The fourth-order valence-corrected chi connectivity index (χ4v) is 2.31. The summed E-state index contributed by atoms with van der Waals surface area (Å²) in [5.74, 6) is -0.292. The number of urea groups is 1. The van der Waals surface area contributed by atoms with Gasteiger partial charge in [-0.05, 0) is 49.2 Å². The number of hydrogen-bond donors (Lipinski definition) is 3. The first-order chi connectivity index (χ1) is 10.9. The lowest BCUT2D eigenvalue weighted by Gasteiger charge is -2.09. The number of amides is 3. The molecule has 0 aliphatic rings. The van der Waals surface area contributed by atoms with Crippen molar-refractivity contribution in [3.05, 3.63) is 58.1 Å². The Bertz CT molecular complexity index is 732. The average molecular weight is 376 g/mol. The van der Waals surface area contributed by atoms with Gasteiger partial charge in [0.05, 0.1) is 6.54 Å². The van der Waals surface area contributed by atoms with Crippen LogP contribution in [0.1, 0.15) is 11.1 Å². The third-order valence-corrected chi connectivity index (χ3v) is 4.00. The van der Waals surface area contributed by atoms with Gasteiger partial charge in [-0.1, -0.05) is 34.1 Å². The summed E-state index contributed by atoms with van der Waals surface area (Å²) in [6, 6.07) is 12.5. The van der Waals surface area contributed by atoms with E-state index in [4.69, 9.17) is 0 Å². The number of nitrogens with one attached hydrogen (secondary N) is 3. The smallest absolute Gasteiger partial charge is 0.319 e. The van der Waals surface area contributed by atoms with Gasteiger partial charge in [0.25, 0.3) is 0 Å². The van der Waals surface area contributed by atoms with E-state index in [0.717, 1.165) is 15.6 Å². The molecular weight excluding hydrogens is 358 g/mol. The molecule has 3 N–H and O–H groups in total. The molecule has 0 aromatic heterocycles. The zero-order valence-electron chi connectivity index (χ0n) is 12.9. The summed E-state index contributed by atoms with van der Waals surface area (Å²) >= 11 is 3.41. The van der Waals surface area contributed by atoms with Crippen molar-refractivity contribution in [1.29, 1.82) is 0 Å². The Morgan fingerprint density at radius 3 is 2.43 bits per heavy atom. The first kappa shape index (κ1) is 17.0. The molecule has 2 aromatic rings. The molecule has 2 aromatic carbocycles. The molecule has 120 valence electrons. The van der Waals surface area contributed by atoms with Gasteiger partial charge in [0.2, 0.25) is 5.91 Å². The topological polar surface area (TPSA) is 70.2 Å². The van der Waals surface area contributed by atoms with Crippen molar-refractivity contribution in [2.24, 2.45) is 0 Å². The number of benzene rings is 2. The van der Waals surface area contributed by atoms with E-state index in [-0.39, 0.29) is 12.5 Å². The third kappa shape index (κ3) is 5.41. The molecule has 0 aliphatic carbocycles. The van der Waals surface area contributed by atoms with Gasteiger partial charge in [0.15, 0.2) is 0 Å². The Morgan fingerprint density at radius 2 is 1.74 bits per heavy atom. The molecule has 0 radical (unpaired) electrons. The van der Waals surface area contributed by atoms with E-state index in [1.54, 1.807) is 6.07 Å². The number of carbonyl (C=O) groups excluding carboxylic acids is 2. The summed E-state index contributed by atoms with van der Waals surface area (Å²) in [7, 11) is 0. The van der Waals surface area contributed by atoms with Gasteiger partial charge in [-0.3, -0.25) is 4.79 Å². The summed E-state index contributed by atoms with van der Waals surface area (Å²) < 4.78 is 0.917. The normalized spacial score (nSPS) is 10.0. The minimum absolute atomic E-state index is 0.108. The van der Waals surface area contributed by atoms with Crippen molar-refractivity contribution < 1.29 is 9.59 Å². The highest BCUT2D eigenvalue weighted by Crippen LogP contribution is 2.20. The monoisotopic (exact) mass is 375 g/mol. The number of carbonyl (C=O) groups is 2. The van der Waals surface area contributed by atoms with Crippen molar-refractivity contribution in [1.82, 2.24) is 5.32 Å². The zero-order chi connectivity index (χ0) is 16.8. The van der Waals surface area contributed by atoms with Crippen LogP contribution in [0.5, 0.6) is 0 Å². The SMILES string of the molecule is Cc1cccc(NC(=O)NCC(=O)Nc2ccc(C)c(Br)c2)c1. The van der Waals surface area contributed by atoms with Crippen LogP contribution in [0.25, 0.3) is 0 Å². The van der Waals surface area contributed by atoms with Crippen LogP contribution in [0.3, 0.4) is 0 Å². The molecule has 6 heteroatoms. The molecule has 0 heterocycles. The van der Waals surface area contributed by atoms with Crippen LogP contribution in [-0.4, -0.2) is 18.5 Å². The highest BCUT2D eigenvalue weighted by Gasteiger charge is 2.07. The lowest BCUT2D eigenvalue weighted by Crippen LogP contribution is -2.35. The Labute approximate surface area is 143 Å². The van der Waals surface area contributed by atoms with Crippen molar-refractivity contribution >= 4 is 39.2 Å². The molecule has 3 amide bonds. The summed E-state index contributed by atoms with van der Waals surface area (Å²) in [5.41, 5.74) is 3.49. The van der Waals surface area contributed by atoms with Crippen LogP contribution in [0.4, 0.5) is 16.2 Å². The number of rotatable bonds is 4. The van der Waals surface area contributed by atoms with Crippen LogP contribution in [0.15, 0.2) is 46.9 Å². The van der Waals surface area contributed by atoms with E-state index >= 15 is 0 Å². The van der Waals surface area contributed by atoms with Crippen molar-refractivity contribution in [3.63, 3.8) is 0 Å². The minimum Gasteiger partial charge on any atom is -0.329 e. The third-order valence-electron chi connectivity index (χ3n) is 3.14. The second kappa shape index (κ2) is 7.78. The molecule has 0 saturated carbocycles.